The van der Waals surface area contributed by atoms with E-state index in [0.717, 1.165) is 19.5 Å². The van der Waals surface area contributed by atoms with Gasteiger partial charge in [0.2, 0.25) is 0 Å². The fraction of sp³-hybridized carbons (Fsp3) is 1.00. The highest BCUT2D eigenvalue weighted by molar-refractivity contribution is 4.77. The third-order valence-corrected chi connectivity index (χ3v) is 3.55. The van der Waals surface area contributed by atoms with Crippen LogP contribution in [0.2, 0.25) is 0 Å². The van der Waals surface area contributed by atoms with Gasteiger partial charge in [0.15, 0.2) is 0 Å². The normalized spacial score (nSPS) is 25.3. The highest BCUT2D eigenvalue weighted by atomic mass is 16.3. The summed E-state index contributed by atoms with van der Waals surface area (Å²) in [6.07, 6.45) is 6.49. The fourth-order valence-electron chi connectivity index (χ4n) is 2.42. The average Bonchev–Trinajstić information content (AvgIpc) is 2.50. The van der Waals surface area contributed by atoms with E-state index >= 15 is 0 Å². The minimum absolute atomic E-state index is 0.250. The molecule has 0 saturated carbocycles. The molecule has 2 unspecified atom stereocenters. The van der Waals surface area contributed by atoms with Crippen LogP contribution >= 0.6 is 0 Å². The molecule has 0 aromatic heterocycles. The molecule has 96 valence electrons. The lowest BCUT2D eigenvalue weighted by molar-refractivity contribution is 0.153. The molecule has 2 atom stereocenters. The summed E-state index contributed by atoms with van der Waals surface area (Å²) in [7, 11) is 0. The highest BCUT2D eigenvalue weighted by Gasteiger charge is 2.19. The van der Waals surface area contributed by atoms with E-state index in [1.165, 1.54) is 32.2 Å². The quantitative estimate of drug-likeness (QED) is 0.725. The van der Waals surface area contributed by atoms with Crippen LogP contribution < -0.4 is 5.32 Å². The monoisotopic (exact) mass is 228 g/mol. The van der Waals surface area contributed by atoms with Crippen LogP contribution in [0.5, 0.6) is 0 Å². The molecular weight excluding hydrogens is 200 g/mol. The smallest absolute Gasteiger partial charge is 0.0597 e. The number of nitrogens with zero attached hydrogens (tertiary/aromatic N) is 1. The Bertz CT molecular complexity index is 175. The van der Waals surface area contributed by atoms with E-state index in [-0.39, 0.29) is 12.6 Å². The molecule has 1 saturated heterocycles. The molecule has 3 heteroatoms. The molecule has 1 aliphatic heterocycles. The van der Waals surface area contributed by atoms with E-state index in [2.05, 4.69) is 24.1 Å². The Morgan fingerprint density at radius 1 is 1.38 bits per heavy atom. The summed E-state index contributed by atoms with van der Waals surface area (Å²) in [4.78, 5) is 2.54. The van der Waals surface area contributed by atoms with Gasteiger partial charge < -0.3 is 10.4 Å². The first-order valence-corrected chi connectivity index (χ1v) is 6.86. The van der Waals surface area contributed by atoms with Crippen LogP contribution in [0.4, 0.5) is 0 Å². The van der Waals surface area contributed by atoms with E-state index in [1.54, 1.807) is 0 Å². The minimum atomic E-state index is 0.250. The van der Waals surface area contributed by atoms with Crippen LogP contribution in [0.1, 0.15) is 46.0 Å². The molecule has 3 nitrogen and oxygen atoms in total. The average molecular weight is 228 g/mol. The zero-order valence-corrected chi connectivity index (χ0v) is 10.9. The molecule has 0 spiro atoms. The molecule has 0 aromatic carbocycles. The van der Waals surface area contributed by atoms with Crippen LogP contribution in [-0.2, 0) is 0 Å². The van der Waals surface area contributed by atoms with Crippen molar-refractivity contribution < 1.29 is 5.11 Å². The second-order valence-electron chi connectivity index (χ2n) is 5.03. The number of nitrogens with one attached hydrogen (secondary N) is 1. The third-order valence-electron chi connectivity index (χ3n) is 3.55. The summed E-state index contributed by atoms with van der Waals surface area (Å²) in [5.74, 6) is 0. The van der Waals surface area contributed by atoms with Crippen molar-refractivity contribution >= 4 is 0 Å². The van der Waals surface area contributed by atoms with Crippen molar-refractivity contribution in [2.24, 2.45) is 0 Å². The zero-order valence-electron chi connectivity index (χ0n) is 10.9. The number of hydrogen-bond donors (Lipinski definition) is 2. The Kier molecular flexibility index (Phi) is 7.01. The van der Waals surface area contributed by atoms with Crippen molar-refractivity contribution in [1.82, 2.24) is 10.2 Å². The van der Waals surface area contributed by atoms with E-state index < -0.39 is 0 Å². The zero-order chi connectivity index (χ0) is 11.8. The molecule has 0 radical (unpaired) electrons. The maximum atomic E-state index is 9.35. The maximum absolute atomic E-state index is 9.35. The predicted octanol–water partition coefficient (Wildman–Crippen LogP) is 1.61. The summed E-state index contributed by atoms with van der Waals surface area (Å²) in [5.41, 5.74) is 0. The van der Waals surface area contributed by atoms with E-state index in [1.807, 2.05) is 0 Å². The Morgan fingerprint density at radius 2 is 2.19 bits per heavy atom. The molecule has 16 heavy (non-hydrogen) atoms. The summed E-state index contributed by atoms with van der Waals surface area (Å²) in [6.45, 7) is 7.94. The third kappa shape index (κ3) is 4.81. The van der Waals surface area contributed by atoms with E-state index in [0.29, 0.717) is 6.04 Å². The fourth-order valence-corrected chi connectivity index (χ4v) is 2.42. The topological polar surface area (TPSA) is 35.5 Å². The van der Waals surface area contributed by atoms with Crippen molar-refractivity contribution in [3.63, 3.8) is 0 Å². The van der Waals surface area contributed by atoms with Gasteiger partial charge in [0.05, 0.1) is 6.61 Å². The van der Waals surface area contributed by atoms with Gasteiger partial charge in [-0.3, -0.25) is 4.90 Å². The first-order valence-electron chi connectivity index (χ1n) is 6.86. The van der Waals surface area contributed by atoms with Crippen molar-refractivity contribution in [3.05, 3.63) is 0 Å². The van der Waals surface area contributed by atoms with Gasteiger partial charge in [0.25, 0.3) is 0 Å². The van der Waals surface area contributed by atoms with Gasteiger partial charge in [-0.2, -0.15) is 0 Å². The van der Waals surface area contributed by atoms with Crippen LogP contribution in [0.25, 0.3) is 0 Å². The lowest BCUT2D eigenvalue weighted by Gasteiger charge is -2.30. The lowest BCUT2D eigenvalue weighted by atomic mass is 10.1. The summed E-state index contributed by atoms with van der Waals surface area (Å²) < 4.78 is 0. The van der Waals surface area contributed by atoms with Crippen LogP contribution in [0, 0.1) is 0 Å². The first-order chi connectivity index (χ1) is 7.77. The number of hydrogen-bond acceptors (Lipinski definition) is 3. The highest BCUT2D eigenvalue weighted by Crippen LogP contribution is 2.16. The van der Waals surface area contributed by atoms with Crippen LogP contribution in [0.15, 0.2) is 0 Å². The van der Waals surface area contributed by atoms with Crippen molar-refractivity contribution in [2.75, 3.05) is 26.2 Å². The molecule has 1 rings (SSSR count). The summed E-state index contributed by atoms with van der Waals surface area (Å²) in [6, 6.07) is 0.931. The lowest BCUT2D eigenvalue weighted by Crippen LogP contribution is -2.46. The van der Waals surface area contributed by atoms with Crippen molar-refractivity contribution in [3.8, 4) is 0 Å². The van der Waals surface area contributed by atoms with Gasteiger partial charge in [-0.05, 0) is 39.3 Å². The predicted molar refractivity (Wildman–Crippen MR) is 68.7 cm³/mol. The van der Waals surface area contributed by atoms with E-state index in [9.17, 15) is 5.11 Å². The standard InChI is InChI=1S/C13H28N2O/c1-3-8-14-13(11-16)10-15-9-6-4-5-7-12(15)2/h12-14,16H,3-11H2,1-2H3. The maximum Gasteiger partial charge on any atom is 0.0597 e. The second kappa shape index (κ2) is 8.04. The Balaban J connectivity index is 2.35. The van der Waals surface area contributed by atoms with Gasteiger partial charge in [-0.15, -0.1) is 0 Å². The Morgan fingerprint density at radius 3 is 2.88 bits per heavy atom. The number of aliphatic hydroxyl groups excluding tert-OH is 1. The molecule has 1 aliphatic rings. The molecule has 0 amide bonds. The molecule has 0 aromatic rings. The summed E-state index contributed by atoms with van der Waals surface area (Å²) >= 11 is 0. The molecule has 2 N–H and O–H groups in total. The van der Waals surface area contributed by atoms with Crippen LogP contribution in [-0.4, -0.2) is 48.3 Å². The van der Waals surface area contributed by atoms with Gasteiger partial charge in [-0.1, -0.05) is 19.8 Å². The SMILES string of the molecule is CCCNC(CO)CN1CCCCCC1C. The van der Waals surface area contributed by atoms with Gasteiger partial charge >= 0.3 is 0 Å². The molecular formula is C13H28N2O. The van der Waals surface area contributed by atoms with Gasteiger partial charge in [0.1, 0.15) is 0 Å². The summed E-state index contributed by atoms with van der Waals surface area (Å²) in [5, 5.41) is 12.8. The van der Waals surface area contributed by atoms with Crippen molar-refractivity contribution in [1.29, 1.82) is 0 Å². The Labute approximate surface area is 100 Å². The molecule has 1 fully saturated rings. The van der Waals surface area contributed by atoms with E-state index in [4.69, 9.17) is 0 Å². The molecule has 0 bridgehead atoms. The molecule has 1 heterocycles. The van der Waals surface area contributed by atoms with Crippen LogP contribution in [0.3, 0.4) is 0 Å². The van der Waals surface area contributed by atoms with Gasteiger partial charge in [-0.25, -0.2) is 0 Å². The number of likely N-dealkylation sites (tertiary alicyclic amines) is 1. The molecule has 0 aliphatic carbocycles. The first kappa shape index (κ1) is 13.9. The number of aliphatic hydroxyl groups is 1. The second-order valence-corrected chi connectivity index (χ2v) is 5.03. The largest absolute Gasteiger partial charge is 0.395 e. The van der Waals surface area contributed by atoms with Gasteiger partial charge in [0, 0.05) is 18.6 Å². The van der Waals surface area contributed by atoms with Crippen molar-refractivity contribution in [2.45, 2.75) is 58.0 Å². The number of rotatable bonds is 6. The Hall–Kier alpha value is -0.120. The minimum Gasteiger partial charge on any atom is -0.395 e.